The molecule has 1 aliphatic carbocycles. The number of carbonyl (C=O) groups is 1. The van der Waals surface area contributed by atoms with Crippen molar-refractivity contribution in [3.63, 3.8) is 0 Å². The van der Waals surface area contributed by atoms with Gasteiger partial charge >= 0.3 is 0 Å². The Morgan fingerprint density at radius 1 is 1.52 bits per heavy atom. The number of halogens is 1. The Labute approximate surface area is 140 Å². The normalized spacial score (nSPS) is 15.7. The first-order valence-corrected chi connectivity index (χ1v) is 8.40. The summed E-state index contributed by atoms with van der Waals surface area (Å²) in [6.45, 7) is 6.50. The molecule has 23 heavy (non-hydrogen) atoms. The Balaban J connectivity index is 1.51. The molecule has 0 radical (unpaired) electrons. The van der Waals surface area contributed by atoms with Gasteiger partial charge in [-0.3, -0.25) is 14.6 Å². The lowest BCUT2D eigenvalue weighted by atomic mass is 10.2. The molecule has 6 nitrogen and oxygen atoms in total. The van der Waals surface area contributed by atoms with Crippen LogP contribution in [-0.4, -0.2) is 32.4 Å². The van der Waals surface area contributed by atoms with E-state index in [2.05, 4.69) is 27.5 Å². The van der Waals surface area contributed by atoms with Gasteiger partial charge in [-0.1, -0.05) is 11.6 Å². The van der Waals surface area contributed by atoms with E-state index in [4.69, 9.17) is 11.6 Å². The van der Waals surface area contributed by atoms with Crippen LogP contribution in [0.15, 0.2) is 6.07 Å². The number of rotatable bonds is 6. The zero-order chi connectivity index (χ0) is 16.6. The highest BCUT2D eigenvalue weighted by Gasteiger charge is 2.26. The van der Waals surface area contributed by atoms with Crippen LogP contribution in [0, 0.1) is 13.8 Å². The molecule has 1 saturated carbocycles. The van der Waals surface area contributed by atoms with Gasteiger partial charge in [0.1, 0.15) is 5.69 Å². The first-order chi connectivity index (χ1) is 11.0. The molecule has 0 aliphatic heterocycles. The molecule has 0 saturated heterocycles. The van der Waals surface area contributed by atoms with Gasteiger partial charge in [0.25, 0.3) is 5.91 Å². The van der Waals surface area contributed by atoms with Gasteiger partial charge in [-0.2, -0.15) is 10.2 Å². The Morgan fingerprint density at radius 3 is 2.87 bits per heavy atom. The average molecular weight is 336 g/mol. The van der Waals surface area contributed by atoms with Gasteiger partial charge in [0.2, 0.25) is 0 Å². The minimum Gasteiger partial charge on any atom is -0.351 e. The highest BCUT2D eigenvalue weighted by molar-refractivity contribution is 6.31. The predicted molar refractivity (Wildman–Crippen MR) is 88.9 cm³/mol. The lowest BCUT2D eigenvalue weighted by molar-refractivity contribution is 0.0946. The van der Waals surface area contributed by atoms with Crippen LogP contribution in [0.1, 0.15) is 65.7 Å². The maximum Gasteiger partial charge on any atom is 0.271 e. The summed E-state index contributed by atoms with van der Waals surface area (Å²) in [6, 6.07) is 2.03. The van der Waals surface area contributed by atoms with Crippen molar-refractivity contribution in [2.24, 2.45) is 0 Å². The molecule has 1 aliphatic rings. The fourth-order valence-electron chi connectivity index (χ4n) is 2.74. The van der Waals surface area contributed by atoms with E-state index in [1.807, 2.05) is 24.6 Å². The lowest BCUT2D eigenvalue weighted by Gasteiger charge is -2.14. The summed E-state index contributed by atoms with van der Waals surface area (Å²) in [5.41, 5.74) is 3.34. The topological polar surface area (TPSA) is 75.6 Å². The Bertz CT molecular complexity index is 716. The number of aromatic amines is 1. The Kier molecular flexibility index (Phi) is 4.43. The molecule has 0 spiro atoms. The number of amides is 1. The lowest BCUT2D eigenvalue weighted by Crippen LogP contribution is -2.26. The van der Waals surface area contributed by atoms with E-state index in [0.717, 1.165) is 23.5 Å². The second kappa shape index (κ2) is 6.35. The van der Waals surface area contributed by atoms with E-state index in [1.165, 1.54) is 12.8 Å². The Hall–Kier alpha value is -1.82. The fourth-order valence-corrected chi connectivity index (χ4v) is 2.86. The molecule has 3 rings (SSSR count). The summed E-state index contributed by atoms with van der Waals surface area (Å²) in [7, 11) is 0. The van der Waals surface area contributed by atoms with Crippen LogP contribution in [0.2, 0.25) is 5.02 Å². The van der Waals surface area contributed by atoms with Gasteiger partial charge in [-0.15, -0.1) is 0 Å². The van der Waals surface area contributed by atoms with Crippen LogP contribution in [0.4, 0.5) is 0 Å². The van der Waals surface area contributed by atoms with Crippen molar-refractivity contribution in [1.29, 1.82) is 0 Å². The van der Waals surface area contributed by atoms with Gasteiger partial charge < -0.3 is 5.32 Å². The summed E-state index contributed by atoms with van der Waals surface area (Å²) in [4.78, 5) is 12.1. The molecule has 2 aromatic heterocycles. The number of aromatic nitrogens is 4. The first-order valence-electron chi connectivity index (χ1n) is 8.02. The number of hydrogen-bond donors (Lipinski definition) is 2. The third-order valence-corrected chi connectivity index (χ3v) is 4.90. The van der Waals surface area contributed by atoms with Crippen molar-refractivity contribution in [3.05, 3.63) is 33.9 Å². The number of H-pyrrole nitrogens is 1. The van der Waals surface area contributed by atoms with Gasteiger partial charge in [-0.25, -0.2) is 0 Å². The predicted octanol–water partition coefficient (Wildman–Crippen LogP) is 3.13. The molecule has 2 N–H and O–H groups in total. The zero-order valence-corrected chi connectivity index (χ0v) is 14.4. The molecule has 2 aromatic rings. The van der Waals surface area contributed by atoms with E-state index in [-0.39, 0.29) is 11.9 Å². The van der Waals surface area contributed by atoms with Crippen molar-refractivity contribution >= 4 is 17.5 Å². The smallest absolute Gasteiger partial charge is 0.271 e. The van der Waals surface area contributed by atoms with Crippen LogP contribution >= 0.6 is 11.6 Å². The summed E-state index contributed by atoms with van der Waals surface area (Å²) in [6.07, 6.45) is 3.15. The molecule has 0 bridgehead atoms. The van der Waals surface area contributed by atoms with Crippen LogP contribution < -0.4 is 5.32 Å². The quantitative estimate of drug-likeness (QED) is 0.851. The highest BCUT2D eigenvalue weighted by Crippen LogP contribution is 2.38. The molecule has 1 amide bonds. The number of nitrogens with zero attached hydrogens (tertiary/aromatic N) is 3. The molecular formula is C16H22ClN5O. The summed E-state index contributed by atoms with van der Waals surface area (Å²) in [5.74, 6) is 0.437. The SMILES string of the molecule is Cc1nn(C(C)CCNC(=O)c2cc(C3CC3)[nH]n2)c(C)c1Cl. The van der Waals surface area contributed by atoms with Crippen LogP contribution in [0.3, 0.4) is 0 Å². The van der Waals surface area contributed by atoms with E-state index < -0.39 is 0 Å². The summed E-state index contributed by atoms with van der Waals surface area (Å²) < 4.78 is 1.92. The third kappa shape index (κ3) is 3.42. The number of aryl methyl sites for hydroxylation is 1. The standard InChI is InChI=1S/C16H22ClN5O/c1-9(22-11(3)15(17)10(2)21-22)6-7-18-16(23)14-8-13(19-20-14)12-4-5-12/h8-9,12H,4-7H2,1-3H3,(H,18,23)(H,19,20). The van der Waals surface area contributed by atoms with Crippen molar-refractivity contribution in [3.8, 4) is 0 Å². The molecule has 1 fully saturated rings. The minimum atomic E-state index is -0.133. The van der Waals surface area contributed by atoms with Crippen molar-refractivity contribution < 1.29 is 4.79 Å². The van der Waals surface area contributed by atoms with Crippen molar-refractivity contribution in [2.45, 2.75) is 52.0 Å². The molecule has 1 atom stereocenters. The van der Waals surface area contributed by atoms with Gasteiger partial charge in [-0.05, 0) is 46.1 Å². The minimum absolute atomic E-state index is 0.133. The monoisotopic (exact) mass is 335 g/mol. The van der Waals surface area contributed by atoms with Crippen LogP contribution in [-0.2, 0) is 0 Å². The molecule has 124 valence electrons. The second-order valence-electron chi connectivity index (χ2n) is 6.31. The largest absolute Gasteiger partial charge is 0.351 e. The van der Waals surface area contributed by atoms with E-state index in [0.29, 0.717) is 23.2 Å². The fraction of sp³-hybridized carbons (Fsp3) is 0.562. The van der Waals surface area contributed by atoms with Gasteiger partial charge in [0.15, 0.2) is 0 Å². The third-order valence-electron chi connectivity index (χ3n) is 4.35. The molecule has 7 heteroatoms. The highest BCUT2D eigenvalue weighted by atomic mass is 35.5. The zero-order valence-electron chi connectivity index (χ0n) is 13.7. The van der Waals surface area contributed by atoms with E-state index in [1.54, 1.807) is 0 Å². The number of hydrogen-bond acceptors (Lipinski definition) is 3. The summed E-state index contributed by atoms with van der Waals surface area (Å²) >= 11 is 6.18. The number of nitrogens with one attached hydrogen (secondary N) is 2. The van der Waals surface area contributed by atoms with Gasteiger partial charge in [0, 0.05) is 18.2 Å². The maximum atomic E-state index is 12.1. The van der Waals surface area contributed by atoms with E-state index >= 15 is 0 Å². The molecule has 0 aromatic carbocycles. The molecular weight excluding hydrogens is 314 g/mol. The summed E-state index contributed by atoms with van der Waals surface area (Å²) in [5, 5.41) is 15.1. The maximum absolute atomic E-state index is 12.1. The molecule has 1 unspecified atom stereocenters. The van der Waals surface area contributed by atoms with Crippen molar-refractivity contribution in [1.82, 2.24) is 25.3 Å². The average Bonchev–Trinajstić information content (AvgIpc) is 3.21. The van der Waals surface area contributed by atoms with E-state index in [9.17, 15) is 4.79 Å². The van der Waals surface area contributed by atoms with Crippen LogP contribution in [0.25, 0.3) is 0 Å². The first kappa shape index (κ1) is 16.1. The van der Waals surface area contributed by atoms with Gasteiger partial charge in [0.05, 0.1) is 22.5 Å². The Morgan fingerprint density at radius 2 is 2.26 bits per heavy atom. The van der Waals surface area contributed by atoms with Crippen LogP contribution in [0.5, 0.6) is 0 Å². The van der Waals surface area contributed by atoms with Crippen molar-refractivity contribution in [2.75, 3.05) is 6.54 Å². The molecule has 2 heterocycles. The number of carbonyl (C=O) groups excluding carboxylic acids is 1. The second-order valence-corrected chi connectivity index (χ2v) is 6.68.